The summed E-state index contributed by atoms with van der Waals surface area (Å²) in [6.07, 6.45) is 0. The molecule has 0 atom stereocenters. The summed E-state index contributed by atoms with van der Waals surface area (Å²) < 4.78 is 5.18. The van der Waals surface area contributed by atoms with E-state index in [1.54, 1.807) is 31.4 Å². The van der Waals surface area contributed by atoms with Crippen molar-refractivity contribution in [2.75, 3.05) is 38.2 Å². The minimum atomic E-state index is -0.00495. The SMILES string of the molecule is COc1ccc(N2CCN(C(=O)c3ccc(CO)cc3)CC2)cc1. The van der Waals surface area contributed by atoms with Crippen LogP contribution < -0.4 is 9.64 Å². The monoisotopic (exact) mass is 326 g/mol. The number of rotatable bonds is 4. The van der Waals surface area contributed by atoms with Gasteiger partial charge in [-0.2, -0.15) is 0 Å². The minimum absolute atomic E-state index is 0.00495. The molecule has 2 aromatic rings. The van der Waals surface area contributed by atoms with E-state index in [-0.39, 0.29) is 12.5 Å². The molecule has 0 saturated carbocycles. The maximum Gasteiger partial charge on any atom is 0.253 e. The van der Waals surface area contributed by atoms with Crippen molar-refractivity contribution in [2.45, 2.75) is 6.61 Å². The number of anilines is 1. The summed E-state index contributed by atoms with van der Waals surface area (Å²) in [7, 11) is 1.66. The fourth-order valence-corrected chi connectivity index (χ4v) is 2.90. The molecule has 126 valence electrons. The molecule has 0 bridgehead atoms. The average molecular weight is 326 g/mol. The quantitative estimate of drug-likeness (QED) is 0.935. The summed E-state index contributed by atoms with van der Waals surface area (Å²) in [4.78, 5) is 16.7. The van der Waals surface area contributed by atoms with E-state index in [9.17, 15) is 4.79 Å². The largest absolute Gasteiger partial charge is 0.497 e. The second-order valence-corrected chi connectivity index (χ2v) is 5.83. The number of piperazine rings is 1. The van der Waals surface area contributed by atoms with Crippen molar-refractivity contribution >= 4 is 11.6 Å². The first-order valence-electron chi connectivity index (χ1n) is 8.09. The van der Waals surface area contributed by atoms with Gasteiger partial charge in [0, 0.05) is 37.4 Å². The summed E-state index contributed by atoms with van der Waals surface area (Å²) in [5.41, 5.74) is 2.64. The number of methoxy groups -OCH3 is 1. The molecule has 0 aliphatic carbocycles. The summed E-state index contributed by atoms with van der Waals surface area (Å²) in [5, 5.41) is 9.08. The Morgan fingerprint density at radius 1 is 1.00 bits per heavy atom. The zero-order valence-electron chi connectivity index (χ0n) is 13.8. The van der Waals surface area contributed by atoms with E-state index in [0.29, 0.717) is 18.7 Å². The Bertz CT molecular complexity index is 675. The predicted octanol–water partition coefficient (Wildman–Crippen LogP) is 2.15. The third-order valence-electron chi connectivity index (χ3n) is 4.39. The molecule has 5 heteroatoms. The van der Waals surface area contributed by atoms with Crippen LogP contribution in [0.15, 0.2) is 48.5 Å². The van der Waals surface area contributed by atoms with Crippen LogP contribution in [-0.2, 0) is 6.61 Å². The van der Waals surface area contributed by atoms with Gasteiger partial charge in [0.25, 0.3) is 5.91 Å². The molecule has 1 heterocycles. The van der Waals surface area contributed by atoms with Crippen LogP contribution in [0.25, 0.3) is 0 Å². The molecular formula is C19H22N2O3. The fraction of sp³-hybridized carbons (Fsp3) is 0.316. The number of aliphatic hydroxyl groups excluding tert-OH is 1. The van der Waals surface area contributed by atoms with E-state index in [2.05, 4.69) is 4.90 Å². The molecule has 1 aliphatic heterocycles. The van der Waals surface area contributed by atoms with Gasteiger partial charge in [-0.3, -0.25) is 4.79 Å². The highest BCUT2D eigenvalue weighted by molar-refractivity contribution is 5.94. The van der Waals surface area contributed by atoms with Crippen LogP contribution in [0.2, 0.25) is 0 Å². The summed E-state index contributed by atoms with van der Waals surface area (Å²) in [5.74, 6) is 0.896. The van der Waals surface area contributed by atoms with Gasteiger partial charge in [-0.15, -0.1) is 0 Å². The highest BCUT2D eigenvalue weighted by atomic mass is 16.5. The lowest BCUT2D eigenvalue weighted by atomic mass is 10.1. The maximum absolute atomic E-state index is 12.6. The molecule has 1 saturated heterocycles. The van der Waals surface area contributed by atoms with Crippen molar-refractivity contribution in [3.05, 3.63) is 59.7 Å². The molecule has 0 aromatic heterocycles. The maximum atomic E-state index is 12.6. The van der Waals surface area contributed by atoms with E-state index in [1.165, 1.54) is 0 Å². The van der Waals surface area contributed by atoms with Gasteiger partial charge in [-0.25, -0.2) is 0 Å². The number of amides is 1. The van der Waals surface area contributed by atoms with E-state index in [4.69, 9.17) is 9.84 Å². The number of benzene rings is 2. The molecule has 1 amide bonds. The van der Waals surface area contributed by atoms with Crippen molar-refractivity contribution in [2.24, 2.45) is 0 Å². The van der Waals surface area contributed by atoms with Crippen molar-refractivity contribution < 1.29 is 14.6 Å². The molecule has 1 fully saturated rings. The molecule has 0 spiro atoms. The smallest absolute Gasteiger partial charge is 0.253 e. The van der Waals surface area contributed by atoms with E-state index in [1.807, 2.05) is 29.2 Å². The second-order valence-electron chi connectivity index (χ2n) is 5.83. The average Bonchev–Trinajstić information content (AvgIpc) is 2.68. The van der Waals surface area contributed by atoms with Gasteiger partial charge >= 0.3 is 0 Å². The van der Waals surface area contributed by atoms with Gasteiger partial charge < -0.3 is 19.6 Å². The molecular weight excluding hydrogens is 304 g/mol. The number of aliphatic hydroxyl groups is 1. The van der Waals surface area contributed by atoms with Gasteiger partial charge in [-0.05, 0) is 42.0 Å². The first kappa shape index (κ1) is 16.3. The Hall–Kier alpha value is -2.53. The van der Waals surface area contributed by atoms with E-state index < -0.39 is 0 Å². The summed E-state index contributed by atoms with van der Waals surface area (Å²) in [6.45, 7) is 3.02. The Morgan fingerprint density at radius 3 is 2.17 bits per heavy atom. The third-order valence-corrected chi connectivity index (χ3v) is 4.39. The highest BCUT2D eigenvalue weighted by Gasteiger charge is 2.22. The van der Waals surface area contributed by atoms with Crippen LogP contribution in [0.4, 0.5) is 5.69 Å². The molecule has 3 rings (SSSR count). The topological polar surface area (TPSA) is 53.0 Å². The first-order valence-corrected chi connectivity index (χ1v) is 8.09. The Morgan fingerprint density at radius 2 is 1.62 bits per heavy atom. The Labute approximate surface area is 142 Å². The van der Waals surface area contributed by atoms with Gasteiger partial charge in [0.05, 0.1) is 13.7 Å². The molecule has 2 aromatic carbocycles. The standard InChI is InChI=1S/C19H22N2O3/c1-24-18-8-6-17(7-9-18)20-10-12-21(13-11-20)19(23)16-4-2-15(14-22)3-5-16/h2-9,22H,10-14H2,1H3. The third kappa shape index (κ3) is 3.51. The molecule has 0 radical (unpaired) electrons. The lowest BCUT2D eigenvalue weighted by Crippen LogP contribution is -2.48. The second kappa shape index (κ2) is 7.36. The zero-order chi connectivity index (χ0) is 16.9. The summed E-state index contributed by atoms with van der Waals surface area (Å²) in [6, 6.07) is 15.1. The minimum Gasteiger partial charge on any atom is -0.497 e. The van der Waals surface area contributed by atoms with Crippen molar-refractivity contribution in [3.8, 4) is 5.75 Å². The number of hydrogen-bond donors (Lipinski definition) is 1. The number of ether oxygens (including phenoxy) is 1. The Kier molecular flexibility index (Phi) is 5.01. The zero-order valence-corrected chi connectivity index (χ0v) is 13.8. The van der Waals surface area contributed by atoms with Crippen LogP contribution in [0, 0.1) is 0 Å². The number of carbonyl (C=O) groups is 1. The van der Waals surface area contributed by atoms with Crippen molar-refractivity contribution in [1.82, 2.24) is 4.90 Å². The molecule has 0 unspecified atom stereocenters. The lowest BCUT2D eigenvalue weighted by molar-refractivity contribution is 0.0746. The van der Waals surface area contributed by atoms with Crippen LogP contribution in [0.5, 0.6) is 5.75 Å². The van der Waals surface area contributed by atoms with E-state index in [0.717, 1.165) is 30.1 Å². The highest BCUT2D eigenvalue weighted by Crippen LogP contribution is 2.21. The first-order chi connectivity index (χ1) is 11.7. The van der Waals surface area contributed by atoms with Crippen molar-refractivity contribution in [3.63, 3.8) is 0 Å². The molecule has 1 N–H and O–H groups in total. The molecule has 5 nitrogen and oxygen atoms in total. The Balaban J connectivity index is 1.60. The summed E-state index contributed by atoms with van der Waals surface area (Å²) >= 11 is 0. The van der Waals surface area contributed by atoms with Crippen LogP contribution in [0.3, 0.4) is 0 Å². The van der Waals surface area contributed by atoms with E-state index >= 15 is 0 Å². The van der Waals surface area contributed by atoms with Crippen LogP contribution in [-0.4, -0.2) is 49.2 Å². The normalized spacial score (nSPS) is 14.6. The fourth-order valence-electron chi connectivity index (χ4n) is 2.90. The number of carbonyl (C=O) groups excluding carboxylic acids is 1. The van der Waals surface area contributed by atoms with Gasteiger partial charge in [0.1, 0.15) is 5.75 Å². The molecule has 24 heavy (non-hydrogen) atoms. The number of nitrogens with zero attached hydrogens (tertiary/aromatic N) is 2. The van der Waals surface area contributed by atoms with Crippen LogP contribution >= 0.6 is 0 Å². The van der Waals surface area contributed by atoms with Crippen LogP contribution in [0.1, 0.15) is 15.9 Å². The van der Waals surface area contributed by atoms with Gasteiger partial charge in [0.2, 0.25) is 0 Å². The van der Waals surface area contributed by atoms with Crippen molar-refractivity contribution in [1.29, 1.82) is 0 Å². The molecule has 1 aliphatic rings. The lowest BCUT2D eigenvalue weighted by Gasteiger charge is -2.36. The van der Waals surface area contributed by atoms with Gasteiger partial charge in [-0.1, -0.05) is 12.1 Å². The number of hydrogen-bond acceptors (Lipinski definition) is 4. The predicted molar refractivity (Wildman–Crippen MR) is 93.5 cm³/mol. The van der Waals surface area contributed by atoms with Gasteiger partial charge in [0.15, 0.2) is 0 Å².